The van der Waals surface area contributed by atoms with Crippen molar-refractivity contribution < 1.29 is 0 Å². The molecule has 0 atom stereocenters. The molecule has 2 heterocycles. The van der Waals surface area contributed by atoms with Crippen LogP contribution in [0.2, 0.25) is 0 Å². The molecule has 2 aromatic rings. The summed E-state index contributed by atoms with van der Waals surface area (Å²) in [5.74, 6) is 0. The summed E-state index contributed by atoms with van der Waals surface area (Å²) in [6.45, 7) is 7.17. The van der Waals surface area contributed by atoms with Crippen molar-refractivity contribution in [3.8, 4) is 0 Å². The fourth-order valence-corrected chi connectivity index (χ4v) is 3.10. The zero-order valence-corrected chi connectivity index (χ0v) is 12.0. The molecule has 0 radical (unpaired) electrons. The van der Waals surface area contributed by atoms with Crippen LogP contribution in [-0.2, 0) is 13.0 Å². The highest BCUT2D eigenvalue weighted by Gasteiger charge is 2.06. The summed E-state index contributed by atoms with van der Waals surface area (Å²) in [5, 5.41) is 9.90. The lowest BCUT2D eigenvalue weighted by Gasteiger charge is -2.04. The summed E-state index contributed by atoms with van der Waals surface area (Å²) in [6, 6.07) is 0.502. The smallest absolute Gasteiger partial charge is 0.0997 e. The molecule has 0 aliphatic heterocycles. The van der Waals surface area contributed by atoms with Crippen LogP contribution >= 0.6 is 22.7 Å². The van der Waals surface area contributed by atoms with E-state index in [0.29, 0.717) is 6.04 Å². The van der Waals surface area contributed by atoms with Gasteiger partial charge in [0, 0.05) is 29.0 Å². The Morgan fingerprint density at radius 3 is 2.53 bits per heavy atom. The predicted molar refractivity (Wildman–Crippen MR) is 73.7 cm³/mol. The van der Waals surface area contributed by atoms with Gasteiger partial charge in [-0.15, -0.1) is 22.7 Å². The third-order valence-electron chi connectivity index (χ3n) is 2.26. The minimum Gasteiger partial charge on any atom is -0.309 e. The van der Waals surface area contributed by atoms with Gasteiger partial charge in [0.15, 0.2) is 0 Å². The van der Waals surface area contributed by atoms with Gasteiger partial charge in [-0.2, -0.15) is 0 Å². The molecule has 2 rings (SSSR count). The van der Waals surface area contributed by atoms with Crippen LogP contribution in [0.25, 0.3) is 0 Å². The van der Waals surface area contributed by atoms with Gasteiger partial charge in [-0.1, -0.05) is 13.8 Å². The van der Waals surface area contributed by atoms with Crippen LogP contribution < -0.4 is 5.32 Å². The Balaban J connectivity index is 1.94. The maximum Gasteiger partial charge on any atom is 0.0997 e. The van der Waals surface area contributed by atoms with Crippen molar-refractivity contribution in [1.29, 1.82) is 0 Å². The highest BCUT2D eigenvalue weighted by atomic mass is 32.1. The molecule has 17 heavy (non-hydrogen) atoms. The maximum absolute atomic E-state index is 4.61. The van der Waals surface area contributed by atoms with Crippen molar-refractivity contribution in [2.24, 2.45) is 0 Å². The van der Waals surface area contributed by atoms with Crippen molar-refractivity contribution in [3.05, 3.63) is 32.2 Å². The summed E-state index contributed by atoms with van der Waals surface area (Å²) >= 11 is 3.43. The molecule has 1 N–H and O–H groups in total. The van der Waals surface area contributed by atoms with E-state index in [4.69, 9.17) is 0 Å². The number of nitrogens with one attached hydrogen (secondary N) is 1. The molecule has 5 heteroatoms. The van der Waals surface area contributed by atoms with Crippen LogP contribution in [0.15, 0.2) is 10.8 Å². The summed E-state index contributed by atoms with van der Waals surface area (Å²) in [7, 11) is 0. The first-order valence-corrected chi connectivity index (χ1v) is 7.47. The highest BCUT2D eigenvalue weighted by molar-refractivity contribution is 7.11. The molecule has 0 aliphatic rings. The van der Waals surface area contributed by atoms with Crippen LogP contribution in [0, 0.1) is 6.92 Å². The van der Waals surface area contributed by atoms with Crippen molar-refractivity contribution >= 4 is 22.7 Å². The van der Waals surface area contributed by atoms with Crippen molar-refractivity contribution in [2.75, 3.05) is 0 Å². The number of hydrogen-bond donors (Lipinski definition) is 1. The molecule has 0 aromatic carbocycles. The Bertz CT molecular complexity index is 474. The normalized spacial score (nSPS) is 11.3. The fraction of sp³-hybridized carbons (Fsp3) is 0.500. The molecule has 92 valence electrons. The van der Waals surface area contributed by atoms with Crippen LogP contribution in [0.4, 0.5) is 0 Å². The van der Waals surface area contributed by atoms with Crippen molar-refractivity contribution in [3.63, 3.8) is 0 Å². The Hall–Kier alpha value is -0.780. The molecule has 0 saturated heterocycles. The van der Waals surface area contributed by atoms with E-state index >= 15 is 0 Å². The zero-order chi connectivity index (χ0) is 12.3. The zero-order valence-electron chi connectivity index (χ0n) is 10.4. The summed E-state index contributed by atoms with van der Waals surface area (Å²) in [6.07, 6.45) is 0.866. The summed E-state index contributed by atoms with van der Waals surface area (Å²) < 4.78 is 0. The van der Waals surface area contributed by atoms with E-state index in [2.05, 4.69) is 39.9 Å². The van der Waals surface area contributed by atoms with Crippen LogP contribution in [0.5, 0.6) is 0 Å². The first-order valence-electron chi connectivity index (χ1n) is 5.71. The molecule has 0 unspecified atom stereocenters. The molecule has 0 saturated carbocycles. The van der Waals surface area contributed by atoms with E-state index in [0.717, 1.165) is 34.4 Å². The molecular formula is C12H17N3S2. The van der Waals surface area contributed by atoms with E-state index in [1.165, 1.54) is 0 Å². The van der Waals surface area contributed by atoms with Gasteiger partial charge in [0.25, 0.3) is 0 Å². The van der Waals surface area contributed by atoms with Gasteiger partial charge < -0.3 is 5.32 Å². The maximum atomic E-state index is 4.61. The van der Waals surface area contributed by atoms with Gasteiger partial charge in [0.2, 0.25) is 0 Å². The van der Waals surface area contributed by atoms with Crippen molar-refractivity contribution in [1.82, 2.24) is 15.3 Å². The van der Waals surface area contributed by atoms with Crippen LogP contribution in [0.1, 0.15) is 35.3 Å². The standard InChI is InChI=1S/C12H17N3S2/c1-8(2)13-5-10-7-17-12(15-10)4-11-14-9(3)6-16-11/h6-8,13H,4-5H2,1-3H3. The number of nitrogens with zero attached hydrogens (tertiary/aromatic N) is 2. The Morgan fingerprint density at radius 1 is 1.18 bits per heavy atom. The number of hydrogen-bond acceptors (Lipinski definition) is 5. The second kappa shape index (κ2) is 5.71. The second-order valence-corrected chi connectivity index (χ2v) is 6.21. The average molecular weight is 267 g/mol. The predicted octanol–water partition coefficient (Wildman–Crippen LogP) is 3.00. The summed E-state index contributed by atoms with van der Waals surface area (Å²) in [4.78, 5) is 9.07. The quantitative estimate of drug-likeness (QED) is 0.905. The highest BCUT2D eigenvalue weighted by Crippen LogP contribution is 2.17. The Labute approximate surface area is 110 Å². The minimum atomic E-state index is 0.502. The monoisotopic (exact) mass is 267 g/mol. The Kier molecular flexibility index (Phi) is 4.25. The van der Waals surface area contributed by atoms with Gasteiger partial charge in [0.05, 0.1) is 22.1 Å². The third kappa shape index (κ3) is 3.87. The van der Waals surface area contributed by atoms with E-state index in [1.54, 1.807) is 22.7 Å². The van der Waals surface area contributed by atoms with Gasteiger partial charge in [-0.05, 0) is 6.92 Å². The number of thiazole rings is 2. The molecule has 0 aliphatic carbocycles. The number of aryl methyl sites for hydroxylation is 1. The molecule has 0 amide bonds. The van der Waals surface area contributed by atoms with Gasteiger partial charge in [0.1, 0.15) is 0 Å². The van der Waals surface area contributed by atoms with Gasteiger partial charge in [-0.3, -0.25) is 0 Å². The molecule has 0 fully saturated rings. The topological polar surface area (TPSA) is 37.8 Å². The van der Waals surface area contributed by atoms with E-state index in [9.17, 15) is 0 Å². The molecular weight excluding hydrogens is 250 g/mol. The van der Waals surface area contributed by atoms with Gasteiger partial charge >= 0.3 is 0 Å². The van der Waals surface area contributed by atoms with Crippen molar-refractivity contribution in [2.45, 2.75) is 39.8 Å². The largest absolute Gasteiger partial charge is 0.309 e. The van der Waals surface area contributed by atoms with Crippen LogP contribution in [-0.4, -0.2) is 16.0 Å². The van der Waals surface area contributed by atoms with E-state index in [1.807, 2.05) is 6.92 Å². The molecule has 0 spiro atoms. The fourth-order valence-electron chi connectivity index (χ4n) is 1.43. The number of aromatic nitrogens is 2. The molecule has 2 aromatic heterocycles. The number of rotatable bonds is 5. The lowest BCUT2D eigenvalue weighted by Crippen LogP contribution is -2.21. The first kappa shape index (κ1) is 12.7. The first-order chi connectivity index (χ1) is 8.13. The van der Waals surface area contributed by atoms with E-state index in [-0.39, 0.29) is 0 Å². The minimum absolute atomic E-state index is 0.502. The summed E-state index contributed by atoms with van der Waals surface area (Å²) in [5.41, 5.74) is 2.23. The SMILES string of the molecule is Cc1csc(Cc2nc(CNC(C)C)cs2)n1. The van der Waals surface area contributed by atoms with E-state index < -0.39 is 0 Å². The average Bonchev–Trinajstić information content (AvgIpc) is 2.86. The third-order valence-corrected chi connectivity index (χ3v) is 4.12. The van der Waals surface area contributed by atoms with Crippen LogP contribution in [0.3, 0.4) is 0 Å². The lowest BCUT2D eigenvalue weighted by molar-refractivity contribution is 0.582. The van der Waals surface area contributed by atoms with Gasteiger partial charge in [-0.25, -0.2) is 9.97 Å². The molecule has 3 nitrogen and oxygen atoms in total. The Morgan fingerprint density at radius 2 is 1.88 bits per heavy atom. The lowest BCUT2D eigenvalue weighted by atomic mass is 10.3. The second-order valence-electron chi connectivity index (χ2n) is 4.33. The molecule has 0 bridgehead atoms.